The Kier molecular flexibility index (Phi) is 4.53. The van der Waals surface area contributed by atoms with Crippen LogP contribution in [0, 0.1) is 5.92 Å². The van der Waals surface area contributed by atoms with Gasteiger partial charge in [0.05, 0.1) is 0 Å². The first-order valence-corrected chi connectivity index (χ1v) is 6.51. The molecule has 1 fully saturated rings. The predicted octanol–water partition coefficient (Wildman–Crippen LogP) is 2.59. The third kappa shape index (κ3) is 3.03. The molecule has 1 rings (SSSR count). The van der Waals surface area contributed by atoms with Gasteiger partial charge in [-0.25, -0.2) is 0 Å². The van der Waals surface area contributed by atoms with E-state index in [-0.39, 0.29) is 0 Å². The van der Waals surface area contributed by atoms with Crippen LogP contribution in [0.5, 0.6) is 0 Å². The summed E-state index contributed by atoms with van der Waals surface area (Å²) >= 11 is 0. The molecule has 1 aliphatic rings. The lowest BCUT2D eigenvalue weighted by Crippen LogP contribution is -2.30. The van der Waals surface area contributed by atoms with Crippen LogP contribution in [-0.2, 0) is 0 Å². The first-order chi connectivity index (χ1) is 5.74. The minimum absolute atomic E-state index is 0.415. The second-order valence-corrected chi connectivity index (χ2v) is 5.68. The molecular formula is C10H22NP. The molecule has 0 saturated carbocycles. The molecule has 4 unspecified atom stereocenters. The molecule has 0 spiro atoms. The number of nitrogens with two attached hydrogens (primary N) is 1. The standard InChI is InChI=1S/C10H22NP/c1-3-4-9-7-12-10(9)6-5-8(2)11/h8-10,12H,3-7,11H2,1-2H3. The van der Waals surface area contributed by atoms with Crippen molar-refractivity contribution in [2.45, 2.75) is 51.2 Å². The third-order valence-corrected chi connectivity index (χ3v) is 4.85. The minimum Gasteiger partial charge on any atom is -0.328 e. The van der Waals surface area contributed by atoms with Crippen LogP contribution < -0.4 is 5.73 Å². The molecule has 0 aromatic heterocycles. The molecule has 1 saturated heterocycles. The fraction of sp³-hybridized carbons (Fsp3) is 1.00. The average Bonchev–Trinajstić information content (AvgIpc) is 1.98. The van der Waals surface area contributed by atoms with E-state index in [2.05, 4.69) is 13.8 Å². The van der Waals surface area contributed by atoms with Crippen LogP contribution in [0.25, 0.3) is 0 Å². The van der Waals surface area contributed by atoms with Gasteiger partial charge in [-0.1, -0.05) is 13.3 Å². The molecule has 0 amide bonds. The zero-order chi connectivity index (χ0) is 8.97. The highest BCUT2D eigenvalue weighted by molar-refractivity contribution is 7.40. The van der Waals surface area contributed by atoms with Crippen LogP contribution in [0.15, 0.2) is 0 Å². The molecule has 1 aliphatic heterocycles. The van der Waals surface area contributed by atoms with Crippen molar-refractivity contribution in [2.75, 3.05) is 6.16 Å². The molecule has 0 radical (unpaired) electrons. The normalized spacial score (nSPS) is 33.2. The Morgan fingerprint density at radius 3 is 2.67 bits per heavy atom. The van der Waals surface area contributed by atoms with Gasteiger partial charge in [0.15, 0.2) is 0 Å². The van der Waals surface area contributed by atoms with Gasteiger partial charge in [-0.2, -0.15) is 0 Å². The van der Waals surface area contributed by atoms with Gasteiger partial charge < -0.3 is 5.73 Å². The second-order valence-electron chi connectivity index (χ2n) is 4.12. The quantitative estimate of drug-likeness (QED) is 0.658. The van der Waals surface area contributed by atoms with E-state index < -0.39 is 0 Å². The molecule has 2 N–H and O–H groups in total. The van der Waals surface area contributed by atoms with Gasteiger partial charge in [-0.3, -0.25) is 0 Å². The van der Waals surface area contributed by atoms with Crippen molar-refractivity contribution in [1.82, 2.24) is 0 Å². The van der Waals surface area contributed by atoms with E-state index in [1.54, 1.807) is 0 Å². The van der Waals surface area contributed by atoms with Crippen molar-refractivity contribution < 1.29 is 0 Å². The molecule has 1 nitrogen and oxygen atoms in total. The van der Waals surface area contributed by atoms with Crippen molar-refractivity contribution in [3.63, 3.8) is 0 Å². The Labute approximate surface area is 78.3 Å². The van der Waals surface area contributed by atoms with Gasteiger partial charge in [-0.15, -0.1) is 8.58 Å². The first-order valence-electron chi connectivity index (χ1n) is 5.23. The van der Waals surface area contributed by atoms with E-state index in [1.165, 1.54) is 40.4 Å². The first kappa shape index (κ1) is 10.5. The lowest BCUT2D eigenvalue weighted by atomic mass is 9.96. The molecular weight excluding hydrogens is 165 g/mol. The molecule has 1 heterocycles. The predicted molar refractivity (Wildman–Crippen MR) is 58.3 cm³/mol. The highest BCUT2D eigenvalue weighted by atomic mass is 31.1. The fourth-order valence-electron chi connectivity index (χ4n) is 1.91. The summed E-state index contributed by atoms with van der Waals surface area (Å²) in [7, 11) is 1.25. The lowest BCUT2D eigenvalue weighted by Gasteiger charge is -2.37. The second kappa shape index (κ2) is 5.19. The molecule has 0 aromatic rings. The Hall–Kier alpha value is 0.390. The molecule has 0 aromatic carbocycles. The Balaban J connectivity index is 2.08. The summed E-state index contributed by atoms with van der Waals surface area (Å²) in [5.41, 5.74) is 6.79. The molecule has 2 heteroatoms. The van der Waals surface area contributed by atoms with Crippen molar-refractivity contribution in [3.8, 4) is 0 Å². The smallest absolute Gasteiger partial charge is 0.00107 e. The van der Waals surface area contributed by atoms with Gasteiger partial charge >= 0.3 is 0 Å². The van der Waals surface area contributed by atoms with E-state index in [9.17, 15) is 0 Å². The molecule has 0 aliphatic carbocycles. The molecule has 12 heavy (non-hydrogen) atoms. The van der Waals surface area contributed by atoms with Gasteiger partial charge in [0.25, 0.3) is 0 Å². The van der Waals surface area contributed by atoms with Crippen LogP contribution in [0.3, 0.4) is 0 Å². The maximum Gasteiger partial charge on any atom is 0.00107 e. The van der Waals surface area contributed by atoms with Gasteiger partial charge in [-0.05, 0) is 43.9 Å². The summed E-state index contributed by atoms with van der Waals surface area (Å²) in [6.07, 6.45) is 6.95. The SMILES string of the molecule is CCCC1CPC1CCC(C)N. The monoisotopic (exact) mass is 187 g/mol. The maximum atomic E-state index is 5.74. The van der Waals surface area contributed by atoms with Crippen LogP contribution >= 0.6 is 8.58 Å². The minimum atomic E-state index is 0.415. The number of rotatable bonds is 5. The van der Waals surface area contributed by atoms with Gasteiger partial charge in [0, 0.05) is 6.04 Å². The van der Waals surface area contributed by atoms with Crippen LogP contribution in [0.4, 0.5) is 0 Å². The van der Waals surface area contributed by atoms with E-state index in [4.69, 9.17) is 5.73 Å². The lowest BCUT2D eigenvalue weighted by molar-refractivity contribution is 0.434. The van der Waals surface area contributed by atoms with E-state index in [0.29, 0.717) is 6.04 Å². The van der Waals surface area contributed by atoms with Crippen molar-refractivity contribution >= 4 is 8.58 Å². The molecule has 4 atom stereocenters. The van der Waals surface area contributed by atoms with Crippen molar-refractivity contribution in [3.05, 3.63) is 0 Å². The molecule has 72 valence electrons. The van der Waals surface area contributed by atoms with Crippen LogP contribution in [0.1, 0.15) is 39.5 Å². The topological polar surface area (TPSA) is 26.0 Å². The number of hydrogen-bond acceptors (Lipinski definition) is 1. The third-order valence-electron chi connectivity index (χ3n) is 2.80. The van der Waals surface area contributed by atoms with Crippen molar-refractivity contribution in [1.29, 1.82) is 0 Å². The number of hydrogen-bond donors (Lipinski definition) is 1. The van der Waals surface area contributed by atoms with Gasteiger partial charge in [0.2, 0.25) is 0 Å². The summed E-state index contributed by atoms with van der Waals surface area (Å²) in [6, 6.07) is 0.415. The molecule has 0 bridgehead atoms. The van der Waals surface area contributed by atoms with E-state index in [1.807, 2.05) is 0 Å². The summed E-state index contributed by atoms with van der Waals surface area (Å²) in [5.74, 6) is 1.06. The van der Waals surface area contributed by atoms with E-state index >= 15 is 0 Å². The Morgan fingerprint density at radius 2 is 2.25 bits per heavy atom. The highest BCUT2D eigenvalue weighted by Gasteiger charge is 2.29. The summed E-state index contributed by atoms with van der Waals surface area (Å²) in [6.45, 7) is 4.42. The average molecular weight is 187 g/mol. The van der Waals surface area contributed by atoms with Gasteiger partial charge in [0.1, 0.15) is 0 Å². The zero-order valence-electron chi connectivity index (χ0n) is 8.34. The van der Waals surface area contributed by atoms with Crippen LogP contribution in [0.2, 0.25) is 0 Å². The van der Waals surface area contributed by atoms with Crippen molar-refractivity contribution in [2.24, 2.45) is 11.7 Å². The fourth-order valence-corrected chi connectivity index (χ4v) is 3.55. The zero-order valence-corrected chi connectivity index (χ0v) is 9.34. The maximum absolute atomic E-state index is 5.74. The summed E-state index contributed by atoms with van der Waals surface area (Å²) < 4.78 is 0. The largest absolute Gasteiger partial charge is 0.328 e. The summed E-state index contributed by atoms with van der Waals surface area (Å²) in [4.78, 5) is 0. The highest BCUT2D eigenvalue weighted by Crippen LogP contribution is 2.45. The summed E-state index contributed by atoms with van der Waals surface area (Å²) in [5, 5.41) is 0. The Bertz CT molecular complexity index is 125. The van der Waals surface area contributed by atoms with Crippen LogP contribution in [-0.4, -0.2) is 17.9 Å². The Morgan fingerprint density at radius 1 is 1.50 bits per heavy atom. The van der Waals surface area contributed by atoms with E-state index in [0.717, 1.165) is 11.6 Å².